The van der Waals surface area contributed by atoms with Gasteiger partial charge in [0.1, 0.15) is 30.3 Å². The number of rotatable bonds is 6. The Morgan fingerprint density at radius 3 is 2.62 bits per heavy atom. The fourth-order valence-corrected chi connectivity index (χ4v) is 4.76. The van der Waals surface area contributed by atoms with Gasteiger partial charge in [-0.15, -0.1) is 0 Å². The van der Waals surface area contributed by atoms with Gasteiger partial charge in [-0.25, -0.2) is 0 Å². The summed E-state index contributed by atoms with van der Waals surface area (Å²) in [5, 5.41) is 19.5. The lowest BCUT2D eigenvalue weighted by atomic mass is 9.71. The molecule has 1 aliphatic heterocycles. The normalized spacial score (nSPS) is 18.1. The minimum atomic E-state index is -0.951. The van der Waals surface area contributed by atoms with Crippen LogP contribution in [0.3, 0.4) is 0 Å². The highest BCUT2D eigenvalue weighted by Gasteiger charge is 2.41. The van der Waals surface area contributed by atoms with Gasteiger partial charge in [-0.3, -0.25) is 4.79 Å². The number of fused-ring (bicyclic) bond motifs is 4. The van der Waals surface area contributed by atoms with E-state index < -0.39 is 11.5 Å². The first-order valence-corrected chi connectivity index (χ1v) is 10.8. The quantitative estimate of drug-likeness (QED) is 0.616. The van der Waals surface area contributed by atoms with Gasteiger partial charge >= 0.3 is 0 Å². The number of aromatic nitrogens is 1. The van der Waals surface area contributed by atoms with E-state index in [4.69, 9.17) is 19.3 Å². The molecule has 0 bridgehead atoms. The number of aliphatic hydroxyl groups is 2. The Balaban J connectivity index is 1.58. The first kappa shape index (κ1) is 21.0. The molecular weight excluding hydrogens is 410 g/mol. The first-order chi connectivity index (χ1) is 15.3. The maximum Gasteiger partial charge on any atom is 0.195 e. The van der Waals surface area contributed by atoms with E-state index in [2.05, 4.69) is 18.4 Å². The Morgan fingerprint density at radius 1 is 1.19 bits per heavy atom. The van der Waals surface area contributed by atoms with Crippen molar-refractivity contribution >= 4 is 16.7 Å². The number of hydrogen-bond donors (Lipinski definition) is 2. The molecule has 0 spiro atoms. The molecule has 2 heterocycles. The summed E-state index contributed by atoms with van der Waals surface area (Å²) in [7, 11) is 1.98. The van der Waals surface area contributed by atoms with Crippen LogP contribution in [-0.2, 0) is 17.2 Å². The number of ketones is 1. The average molecular weight is 437 g/mol. The van der Waals surface area contributed by atoms with Gasteiger partial charge in [0.15, 0.2) is 5.78 Å². The van der Waals surface area contributed by atoms with Crippen LogP contribution in [0.25, 0.3) is 10.9 Å². The van der Waals surface area contributed by atoms with Crippen LogP contribution >= 0.6 is 0 Å². The first-order valence-electron chi connectivity index (χ1n) is 10.8. The molecule has 3 aromatic rings. The summed E-state index contributed by atoms with van der Waals surface area (Å²) in [6.45, 7) is 5.02. The molecule has 1 aromatic heterocycles. The number of nitrogens with zero attached hydrogens (tertiary/aromatic N) is 1. The minimum Gasteiger partial charge on any atom is -0.491 e. The molecule has 1 saturated heterocycles. The van der Waals surface area contributed by atoms with Crippen molar-refractivity contribution in [2.75, 3.05) is 26.4 Å². The van der Waals surface area contributed by atoms with Crippen LogP contribution in [0.1, 0.15) is 41.0 Å². The molecule has 0 amide bonds. The van der Waals surface area contributed by atoms with Crippen LogP contribution in [0.15, 0.2) is 36.4 Å². The largest absolute Gasteiger partial charge is 0.491 e. The number of aryl methyl sites for hydroxylation is 1. The van der Waals surface area contributed by atoms with Crippen molar-refractivity contribution in [1.82, 2.24) is 4.57 Å². The summed E-state index contributed by atoms with van der Waals surface area (Å²) in [6, 6.07) is 11.3. The standard InChI is InChI=1S/C25H27NO6/c1-25(2)20-8-15(31-11-14(28)10-27)4-6-18(20)23(29)22-19-7-5-16(32-17-12-30-13-17)9-21(19)26(3)24(22)25/h4-9,14,17,27-28H,10-13H2,1-3H3/t14-/m1/s1. The molecule has 1 aliphatic carbocycles. The maximum absolute atomic E-state index is 13.6. The van der Waals surface area contributed by atoms with Crippen molar-refractivity contribution < 1.29 is 29.2 Å². The van der Waals surface area contributed by atoms with Gasteiger partial charge in [-0.05, 0) is 35.9 Å². The number of benzene rings is 2. The Labute approximate surface area is 186 Å². The molecule has 168 valence electrons. The van der Waals surface area contributed by atoms with E-state index in [0.717, 1.165) is 33.5 Å². The van der Waals surface area contributed by atoms with Crippen molar-refractivity contribution in [3.63, 3.8) is 0 Å². The SMILES string of the molecule is Cn1c2c(c3ccc(OC4COC4)cc31)C(=O)c1ccc(OC[C@H](O)CO)cc1C2(C)C. The molecule has 2 aromatic carbocycles. The second kappa shape index (κ2) is 7.62. The maximum atomic E-state index is 13.6. The van der Waals surface area contributed by atoms with Crippen LogP contribution in [-0.4, -0.2) is 59.2 Å². The fourth-order valence-electron chi connectivity index (χ4n) is 4.76. The van der Waals surface area contributed by atoms with Gasteiger partial charge in [0, 0.05) is 35.2 Å². The number of aliphatic hydroxyl groups excluding tert-OH is 2. The van der Waals surface area contributed by atoms with Crippen LogP contribution in [0.4, 0.5) is 0 Å². The molecule has 0 unspecified atom stereocenters. The highest BCUT2D eigenvalue weighted by Crippen LogP contribution is 2.46. The third-order valence-electron chi connectivity index (χ3n) is 6.46. The van der Waals surface area contributed by atoms with E-state index in [9.17, 15) is 9.90 Å². The van der Waals surface area contributed by atoms with Gasteiger partial charge in [0.2, 0.25) is 0 Å². The van der Waals surface area contributed by atoms with Gasteiger partial charge in [0.05, 0.1) is 30.9 Å². The lowest BCUT2D eigenvalue weighted by molar-refractivity contribution is -0.0796. The molecule has 0 saturated carbocycles. The van der Waals surface area contributed by atoms with Crippen molar-refractivity contribution in [2.24, 2.45) is 7.05 Å². The molecular formula is C25H27NO6. The molecule has 0 radical (unpaired) electrons. The molecule has 2 N–H and O–H groups in total. The van der Waals surface area contributed by atoms with Gasteiger partial charge < -0.3 is 29.0 Å². The number of carbonyl (C=O) groups is 1. The molecule has 1 atom stereocenters. The topological polar surface area (TPSA) is 90.2 Å². The smallest absolute Gasteiger partial charge is 0.195 e. The number of hydrogen-bond acceptors (Lipinski definition) is 6. The Bertz CT molecular complexity index is 1210. The summed E-state index contributed by atoms with van der Waals surface area (Å²) in [6.07, 6.45) is -0.874. The van der Waals surface area contributed by atoms with E-state index in [1.807, 2.05) is 31.3 Å². The van der Waals surface area contributed by atoms with E-state index in [-0.39, 0.29) is 25.1 Å². The monoisotopic (exact) mass is 437 g/mol. The zero-order chi connectivity index (χ0) is 22.6. The third-order valence-corrected chi connectivity index (χ3v) is 6.46. The molecule has 7 heteroatoms. The predicted octanol–water partition coefficient (Wildman–Crippen LogP) is 2.56. The molecule has 32 heavy (non-hydrogen) atoms. The van der Waals surface area contributed by atoms with E-state index in [0.29, 0.717) is 24.5 Å². The highest BCUT2D eigenvalue weighted by atomic mass is 16.6. The Hall–Kier alpha value is -2.87. The van der Waals surface area contributed by atoms with Gasteiger partial charge in [-0.1, -0.05) is 13.8 Å². The van der Waals surface area contributed by atoms with E-state index in [1.165, 1.54) is 0 Å². The van der Waals surface area contributed by atoms with Crippen LogP contribution in [0, 0.1) is 0 Å². The molecule has 7 nitrogen and oxygen atoms in total. The summed E-state index contributed by atoms with van der Waals surface area (Å²) in [4.78, 5) is 13.6. The average Bonchev–Trinajstić information content (AvgIpc) is 3.06. The molecule has 1 fully saturated rings. The molecule has 2 aliphatic rings. The summed E-state index contributed by atoms with van der Waals surface area (Å²) >= 11 is 0. The second-order valence-corrected chi connectivity index (χ2v) is 9.05. The zero-order valence-corrected chi connectivity index (χ0v) is 18.4. The third kappa shape index (κ3) is 3.20. The zero-order valence-electron chi connectivity index (χ0n) is 18.4. The lowest BCUT2D eigenvalue weighted by Gasteiger charge is -2.34. The van der Waals surface area contributed by atoms with Gasteiger partial charge in [0.25, 0.3) is 0 Å². The van der Waals surface area contributed by atoms with Crippen molar-refractivity contribution in [3.8, 4) is 11.5 Å². The second-order valence-electron chi connectivity index (χ2n) is 9.05. The van der Waals surface area contributed by atoms with Crippen molar-refractivity contribution in [3.05, 3.63) is 58.8 Å². The Kier molecular flexibility index (Phi) is 5.00. The van der Waals surface area contributed by atoms with E-state index >= 15 is 0 Å². The summed E-state index contributed by atoms with van der Waals surface area (Å²) < 4.78 is 18.9. The predicted molar refractivity (Wildman–Crippen MR) is 119 cm³/mol. The summed E-state index contributed by atoms with van der Waals surface area (Å²) in [5.41, 5.74) is 3.69. The number of ether oxygens (including phenoxy) is 3. The van der Waals surface area contributed by atoms with Crippen LogP contribution < -0.4 is 9.47 Å². The van der Waals surface area contributed by atoms with Crippen LogP contribution in [0.2, 0.25) is 0 Å². The fraction of sp³-hybridized carbons (Fsp3) is 0.400. The molecule has 5 rings (SSSR count). The lowest BCUT2D eigenvalue weighted by Crippen LogP contribution is -2.38. The minimum absolute atomic E-state index is 0.0112. The summed E-state index contributed by atoms with van der Waals surface area (Å²) in [5.74, 6) is 1.31. The Morgan fingerprint density at radius 2 is 1.94 bits per heavy atom. The van der Waals surface area contributed by atoms with Crippen LogP contribution in [0.5, 0.6) is 11.5 Å². The van der Waals surface area contributed by atoms with Crippen molar-refractivity contribution in [1.29, 1.82) is 0 Å². The number of carbonyl (C=O) groups excluding carboxylic acids is 1. The van der Waals surface area contributed by atoms with E-state index in [1.54, 1.807) is 12.1 Å². The highest BCUT2D eigenvalue weighted by molar-refractivity contribution is 6.20. The van der Waals surface area contributed by atoms with Crippen molar-refractivity contribution in [2.45, 2.75) is 31.5 Å². The van der Waals surface area contributed by atoms with Gasteiger partial charge in [-0.2, -0.15) is 0 Å².